The molecule has 1 aliphatic heterocycles. The van der Waals surface area contributed by atoms with Crippen molar-refractivity contribution in [1.29, 1.82) is 0 Å². The molecule has 0 radical (unpaired) electrons. The Balaban J connectivity index is 1.11. The molecular formula is C39H44FN7O9. The van der Waals surface area contributed by atoms with E-state index >= 15 is 4.39 Å². The maximum absolute atomic E-state index is 15.8. The van der Waals surface area contributed by atoms with Gasteiger partial charge in [0, 0.05) is 54.9 Å². The molecule has 0 atom stereocenters. The molecule has 6 rings (SSSR count). The summed E-state index contributed by atoms with van der Waals surface area (Å²) in [6.07, 6.45) is 6.10. The Kier molecular flexibility index (Phi) is 12.2. The van der Waals surface area contributed by atoms with Crippen LogP contribution < -0.4 is 49.6 Å². The molecule has 1 saturated heterocycles. The van der Waals surface area contributed by atoms with E-state index in [4.69, 9.17) is 28.4 Å². The first kappa shape index (κ1) is 39.3. The molecule has 1 saturated carbocycles. The van der Waals surface area contributed by atoms with Crippen LogP contribution in [0.2, 0.25) is 0 Å². The van der Waals surface area contributed by atoms with Crippen LogP contribution in [0.15, 0.2) is 57.6 Å². The number of nitrogens with zero attached hydrogens (tertiary/aromatic N) is 5. The van der Waals surface area contributed by atoms with Crippen molar-refractivity contribution in [3.63, 3.8) is 0 Å². The fourth-order valence-corrected chi connectivity index (χ4v) is 6.56. The number of halogens is 1. The molecule has 0 bridgehead atoms. The number of nitrogens with one attached hydrogen (secondary N) is 2. The predicted molar refractivity (Wildman–Crippen MR) is 208 cm³/mol. The highest BCUT2D eigenvalue weighted by Crippen LogP contribution is 2.40. The second kappa shape index (κ2) is 17.4. The van der Waals surface area contributed by atoms with Gasteiger partial charge in [-0.2, -0.15) is 10.2 Å². The Morgan fingerprint density at radius 1 is 0.750 bits per heavy atom. The van der Waals surface area contributed by atoms with Gasteiger partial charge in [0.15, 0.2) is 23.0 Å². The fraction of sp³-hybridized carbons (Fsp3) is 0.359. The average molecular weight is 774 g/mol. The summed E-state index contributed by atoms with van der Waals surface area (Å²) in [5.41, 5.74) is 6.27. The van der Waals surface area contributed by atoms with Gasteiger partial charge in [-0.25, -0.2) is 15.2 Å². The molecule has 2 aliphatic rings. The number of hydrogen-bond donors (Lipinski definition) is 2. The number of benzene rings is 3. The summed E-state index contributed by atoms with van der Waals surface area (Å²) in [6, 6.07) is 9.67. The van der Waals surface area contributed by atoms with Gasteiger partial charge >= 0.3 is 0 Å². The van der Waals surface area contributed by atoms with E-state index in [0.29, 0.717) is 83.0 Å². The maximum Gasteiger partial charge on any atom is 0.276 e. The highest BCUT2D eigenvalue weighted by atomic mass is 19.1. The second-order valence-electron chi connectivity index (χ2n) is 13.0. The summed E-state index contributed by atoms with van der Waals surface area (Å²) >= 11 is 0. The smallest absolute Gasteiger partial charge is 0.276 e. The lowest BCUT2D eigenvalue weighted by atomic mass is 10.1. The Labute approximate surface area is 322 Å². The third-order valence-corrected chi connectivity index (χ3v) is 9.52. The van der Waals surface area contributed by atoms with Crippen molar-refractivity contribution in [3.05, 3.63) is 75.3 Å². The number of anilines is 1. The molecule has 296 valence electrons. The maximum atomic E-state index is 15.8. The van der Waals surface area contributed by atoms with Gasteiger partial charge in [-0.3, -0.25) is 19.3 Å². The van der Waals surface area contributed by atoms with E-state index < -0.39 is 17.2 Å². The Hall–Kier alpha value is -6.36. The molecular weight excluding hydrogens is 729 g/mol. The van der Waals surface area contributed by atoms with Gasteiger partial charge in [0.1, 0.15) is 11.4 Å². The number of amides is 2. The Morgan fingerprint density at radius 2 is 1.27 bits per heavy atom. The number of carbonyl (C=O) groups excluding carboxylic acids is 2. The molecule has 3 aromatic carbocycles. The number of rotatable bonds is 15. The number of methoxy groups -OCH3 is 6. The van der Waals surface area contributed by atoms with Crippen LogP contribution in [0.25, 0.3) is 10.9 Å². The number of fused-ring (bicyclic) bond motifs is 1. The van der Waals surface area contributed by atoms with Crippen molar-refractivity contribution in [2.45, 2.75) is 18.9 Å². The molecule has 16 nitrogen and oxygen atoms in total. The normalized spacial score (nSPS) is 14.6. The summed E-state index contributed by atoms with van der Waals surface area (Å²) in [7, 11) is 9.00. The van der Waals surface area contributed by atoms with Crippen LogP contribution in [0.1, 0.15) is 40.4 Å². The van der Waals surface area contributed by atoms with Gasteiger partial charge in [0.25, 0.3) is 11.8 Å². The molecule has 0 unspecified atom stereocenters. The van der Waals surface area contributed by atoms with E-state index in [9.17, 15) is 14.4 Å². The second-order valence-corrected chi connectivity index (χ2v) is 13.0. The summed E-state index contributed by atoms with van der Waals surface area (Å²) in [4.78, 5) is 43.5. The van der Waals surface area contributed by atoms with Crippen LogP contribution in [0, 0.1) is 5.82 Å². The lowest BCUT2D eigenvalue weighted by molar-refractivity contribution is -0.122. The molecule has 17 heteroatoms. The lowest BCUT2D eigenvalue weighted by Crippen LogP contribution is -2.49. The molecule has 0 spiro atoms. The molecule has 2 heterocycles. The van der Waals surface area contributed by atoms with Crippen molar-refractivity contribution in [2.75, 3.05) is 80.3 Å². The Bertz CT molecular complexity index is 2180. The van der Waals surface area contributed by atoms with E-state index in [1.54, 1.807) is 30.3 Å². The minimum Gasteiger partial charge on any atom is -0.493 e. The zero-order valence-corrected chi connectivity index (χ0v) is 32.0. The van der Waals surface area contributed by atoms with Crippen LogP contribution in [0.4, 0.5) is 10.1 Å². The van der Waals surface area contributed by atoms with Gasteiger partial charge < -0.3 is 37.9 Å². The lowest BCUT2D eigenvalue weighted by Gasteiger charge is -2.36. The fourth-order valence-electron chi connectivity index (χ4n) is 6.56. The molecule has 2 amide bonds. The van der Waals surface area contributed by atoms with Crippen molar-refractivity contribution < 1.29 is 42.4 Å². The van der Waals surface area contributed by atoms with E-state index in [1.165, 1.54) is 67.4 Å². The minimum atomic E-state index is -0.730. The van der Waals surface area contributed by atoms with Gasteiger partial charge in [0.2, 0.25) is 16.9 Å². The van der Waals surface area contributed by atoms with Crippen molar-refractivity contribution >= 4 is 40.8 Å². The highest BCUT2D eigenvalue weighted by Gasteiger charge is 2.29. The molecule has 1 aromatic heterocycles. The first-order valence-electron chi connectivity index (χ1n) is 17.7. The summed E-state index contributed by atoms with van der Waals surface area (Å²) in [6.45, 7) is 1.98. The van der Waals surface area contributed by atoms with E-state index in [0.717, 1.165) is 12.8 Å². The van der Waals surface area contributed by atoms with Crippen molar-refractivity contribution in [2.24, 2.45) is 10.2 Å². The number of piperazine rings is 1. The zero-order chi connectivity index (χ0) is 39.9. The molecule has 4 aromatic rings. The van der Waals surface area contributed by atoms with Crippen LogP contribution in [-0.2, 0) is 4.79 Å². The number of aromatic nitrogens is 1. The van der Waals surface area contributed by atoms with Crippen molar-refractivity contribution in [1.82, 2.24) is 20.3 Å². The monoisotopic (exact) mass is 773 g/mol. The minimum absolute atomic E-state index is 0.0671. The van der Waals surface area contributed by atoms with E-state index in [-0.39, 0.29) is 29.4 Å². The third-order valence-electron chi connectivity index (χ3n) is 9.52. The number of hydrazone groups is 2. The molecule has 2 N–H and O–H groups in total. The predicted octanol–water partition coefficient (Wildman–Crippen LogP) is 3.56. The van der Waals surface area contributed by atoms with Gasteiger partial charge in [-0.05, 0) is 49.2 Å². The van der Waals surface area contributed by atoms with Crippen LogP contribution in [0.3, 0.4) is 0 Å². The number of hydrogen-bond acceptors (Lipinski definition) is 13. The number of carbonyl (C=O) groups is 2. The molecule has 56 heavy (non-hydrogen) atoms. The van der Waals surface area contributed by atoms with Crippen LogP contribution in [0.5, 0.6) is 34.5 Å². The summed E-state index contributed by atoms with van der Waals surface area (Å²) in [5.74, 6) is 0.966. The molecule has 1 aliphatic carbocycles. The quantitative estimate of drug-likeness (QED) is 0.134. The van der Waals surface area contributed by atoms with E-state index in [2.05, 4.69) is 21.1 Å². The van der Waals surface area contributed by atoms with Gasteiger partial charge in [-0.1, -0.05) is 0 Å². The summed E-state index contributed by atoms with van der Waals surface area (Å²) in [5, 5.41) is 8.22. The SMILES string of the molecule is COc1cc(/C=N\NC(=O)CN2CCN(c3cc4c(cc3F)c(=O)c(C(=O)N/N=C/c3cc(OC)c(OC)c(OC)c3)cn4C3CC3)CC2)cc(OC)c1OC. The third kappa shape index (κ3) is 8.47. The first-order chi connectivity index (χ1) is 27.1. The first-order valence-corrected chi connectivity index (χ1v) is 17.7. The number of ether oxygens (including phenoxy) is 6. The van der Waals surface area contributed by atoms with Gasteiger partial charge in [0.05, 0.1) is 72.8 Å². The summed E-state index contributed by atoms with van der Waals surface area (Å²) < 4.78 is 49.8. The van der Waals surface area contributed by atoms with Gasteiger partial charge in [-0.15, -0.1) is 0 Å². The van der Waals surface area contributed by atoms with E-state index in [1.807, 2.05) is 14.4 Å². The molecule has 2 fully saturated rings. The highest BCUT2D eigenvalue weighted by molar-refractivity contribution is 5.98. The number of pyridine rings is 1. The average Bonchev–Trinajstić information content (AvgIpc) is 4.06. The van der Waals surface area contributed by atoms with Crippen molar-refractivity contribution in [3.8, 4) is 34.5 Å². The van der Waals surface area contributed by atoms with Crippen LogP contribution >= 0.6 is 0 Å². The zero-order valence-electron chi connectivity index (χ0n) is 32.0. The largest absolute Gasteiger partial charge is 0.493 e. The topological polar surface area (TPSA) is 167 Å². The Morgan fingerprint density at radius 3 is 1.75 bits per heavy atom. The standard InChI is InChI=1S/C39H44FN7O9/c1-51-31-13-23(14-32(52-2)37(31)55-5)19-41-43-35(48)22-45-9-11-46(12-10-45)30-18-29-26(17-28(30)40)36(49)27(21-47(29)25-7-8-25)39(50)44-42-20-24-15-33(53-3)38(56-6)34(16-24)54-4/h13-21,25H,7-12,22H2,1-6H3,(H,43,48)(H,44,50)/b41-19-,42-20+. The van der Waals surface area contributed by atoms with Crippen LogP contribution in [-0.4, -0.2) is 109 Å².